The van der Waals surface area contributed by atoms with E-state index in [0.717, 1.165) is 25.7 Å². The van der Waals surface area contributed by atoms with Gasteiger partial charge >= 0.3 is 6.97 Å². The Morgan fingerprint density at radius 1 is 1.12 bits per heavy atom. The van der Waals surface area contributed by atoms with Crippen LogP contribution in [0.1, 0.15) is 16.8 Å². The zero-order valence-corrected chi connectivity index (χ0v) is 16.3. The maximum atomic E-state index is 15.1. The number of aryl methyl sites for hydroxylation is 1. The Hall–Kier alpha value is -1.18. The maximum Gasteiger partial charge on any atom is 0.738 e. The molecular formula is C16H10BBr2ClF2N2. The van der Waals surface area contributed by atoms with Crippen molar-refractivity contribution in [2.45, 2.75) is 6.92 Å². The molecule has 2 aliphatic heterocycles. The van der Waals surface area contributed by atoms with E-state index in [0.29, 0.717) is 25.6 Å². The largest absolute Gasteiger partial charge is 0.738 e. The van der Waals surface area contributed by atoms with E-state index in [-0.39, 0.29) is 0 Å². The van der Waals surface area contributed by atoms with Crippen LogP contribution in [0.25, 0.3) is 5.57 Å². The fraction of sp³-hybridized carbons (Fsp3) is 0.0625. The molecular weight excluding hydrogens is 464 g/mol. The molecule has 0 fully saturated rings. The van der Waals surface area contributed by atoms with Gasteiger partial charge < -0.3 is 17.6 Å². The summed E-state index contributed by atoms with van der Waals surface area (Å²) >= 11 is 12.7. The summed E-state index contributed by atoms with van der Waals surface area (Å²) in [4.78, 5) is 0. The van der Waals surface area contributed by atoms with E-state index in [1.165, 1.54) is 0 Å². The molecule has 1 aromatic carbocycles. The first kappa shape index (κ1) is 16.3. The zero-order valence-electron chi connectivity index (χ0n) is 12.4. The molecule has 0 amide bonds. The highest BCUT2D eigenvalue weighted by atomic mass is 79.9. The fourth-order valence-corrected chi connectivity index (χ4v) is 4.74. The van der Waals surface area contributed by atoms with Crippen molar-refractivity contribution in [3.8, 4) is 0 Å². The number of benzene rings is 1. The minimum atomic E-state index is -4.00. The summed E-state index contributed by atoms with van der Waals surface area (Å²) in [5, 5.41) is 0.578. The van der Waals surface area contributed by atoms with Gasteiger partial charge in [0.05, 0.1) is 10.2 Å². The first-order chi connectivity index (χ1) is 11.3. The molecule has 0 saturated carbocycles. The summed E-state index contributed by atoms with van der Waals surface area (Å²) in [5.74, 6) is 0. The highest BCUT2D eigenvalue weighted by Crippen LogP contribution is 2.42. The average Bonchev–Trinajstić information content (AvgIpc) is 3.03. The second-order valence-corrected chi connectivity index (χ2v) is 7.86. The molecule has 122 valence electrons. The number of halogens is 5. The van der Waals surface area contributed by atoms with Crippen LogP contribution >= 0.6 is 43.5 Å². The summed E-state index contributed by atoms with van der Waals surface area (Å²) in [5.41, 5.74) is 3.44. The molecule has 4 rings (SSSR count). The van der Waals surface area contributed by atoms with Crippen LogP contribution in [0.5, 0.6) is 0 Å². The first-order valence-electron chi connectivity index (χ1n) is 7.22. The summed E-state index contributed by atoms with van der Waals surface area (Å²) in [6.07, 6.45) is 3.35. The van der Waals surface area contributed by atoms with Gasteiger partial charge in [-0.1, -0.05) is 17.7 Å². The molecule has 3 heterocycles. The highest BCUT2D eigenvalue weighted by molar-refractivity contribution is 9.18. The second kappa shape index (κ2) is 5.41. The van der Waals surface area contributed by atoms with Crippen LogP contribution < -0.4 is 0 Å². The van der Waals surface area contributed by atoms with Crippen molar-refractivity contribution in [1.29, 1.82) is 0 Å². The molecule has 0 aliphatic carbocycles. The number of fused-ring (bicyclic) bond motifs is 2. The average molecular weight is 474 g/mol. The number of hydrogen-bond donors (Lipinski definition) is 0. The van der Waals surface area contributed by atoms with Gasteiger partial charge in [-0.2, -0.15) is 0 Å². The molecule has 1 aromatic heterocycles. The molecule has 2 aliphatic rings. The van der Waals surface area contributed by atoms with E-state index in [9.17, 15) is 0 Å². The molecule has 24 heavy (non-hydrogen) atoms. The van der Waals surface area contributed by atoms with Crippen molar-refractivity contribution < 1.29 is 13.1 Å². The van der Waals surface area contributed by atoms with Gasteiger partial charge in [0, 0.05) is 38.8 Å². The molecule has 2 aromatic rings. The maximum absolute atomic E-state index is 15.1. The van der Waals surface area contributed by atoms with Gasteiger partial charge in [-0.3, -0.25) is 0 Å². The van der Waals surface area contributed by atoms with Crippen molar-refractivity contribution in [3.63, 3.8) is 0 Å². The van der Waals surface area contributed by atoms with Crippen LogP contribution in [0.15, 0.2) is 52.8 Å². The van der Waals surface area contributed by atoms with Crippen LogP contribution in [-0.4, -0.2) is 20.6 Å². The third kappa shape index (κ3) is 2.21. The molecule has 8 heteroatoms. The minimum Gasteiger partial charge on any atom is -0.389 e. The molecule has 0 N–H and O–H groups in total. The molecule has 0 spiro atoms. The quantitative estimate of drug-likeness (QED) is 0.477. The van der Waals surface area contributed by atoms with E-state index >= 15 is 8.63 Å². The Labute approximate surface area is 159 Å². The predicted molar refractivity (Wildman–Crippen MR) is 101 cm³/mol. The summed E-state index contributed by atoms with van der Waals surface area (Å²) in [6, 6.07) is 8.94. The highest BCUT2D eigenvalue weighted by Gasteiger charge is 2.54. The van der Waals surface area contributed by atoms with E-state index in [2.05, 4.69) is 31.9 Å². The van der Waals surface area contributed by atoms with Crippen molar-refractivity contribution >= 4 is 60.6 Å². The van der Waals surface area contributed by atoms with Crippen molar-refractivity contribution in [2.24, 2.45) is 0 Å². The first-order valence-corrected chi connectivity index (χ1v) is 9.18. The van der Waals surface area contributed by atoms with Gasteiger partial charge in [0.2, 0.25) is 4.62 Å². The van der Waals surface area contributed by atoms with Crippen molar-refractivity contribution in [1.82, 2.24) is 4.48 Å². The van der Waals surface area contributed by atoms with Gasteiger partial charge in [-0.15, -0.1) is 0 Å². The predicted octanol–water partition coefficient (Wildman–Crippen LogP) is 5.58. The van der Waals surface area contributed by atoms with E-state index in [4.69, 9.17) is 11.6 Å². The number of hydrogen-bond acceptors (Lipinski definition) is 0. The normalized spacial score (nSPS) is 18.2. The molecule has 0 unspecified atom stereocenters. The smallest absolute Gasteiger partial charge is 0.389 e. The molecule has 2 nitrogen and oxygen atoms in total. The molecule has 0 saturated heterocycles. The number of rotatable bonds is 1. The lowest BCUT2D eigenvalue weighted by Crippen LogP contribution is -2.50. The van der Waals surface area contributed by atoms with Gasteiger partial charge in [0.15, 0.2) is 5.70 Å². The monoisotopic (exact) mass is 472 g/mol. The standard InChI is InChI=1S/C16H10BBr2ClF2N2/c1-9-6-10(8-11(20)7-9)16-12-2-4-14(18)23(12)17(21,22)24-13(16)3-5-15(24)19/h2-8H,1H3. The topological polar surface area (TPSA) is 7.94 Å². The summed E-state index contributed by atoms with van der Waals surface area (Å²) in [6.45, 7) is -2.06. The Morgan fingerprint density at radius 2 is 1.88 bits per heavy atom. The Morgan fingerprint density at radius 3 is 2.58 bits per heavy atom. The number of aromatic nitrogens is 1. The van der Waals surface area contributed by atoms with E-state index in [1.54, 1.807) is 30.4 Å². The van der Waals surface area contributed by atoms with Crippen molar-refractivity contribution in [3.05, 3.63) is 74.6 Å². The zero-order chi connectivity index (χ0) is 17.2. The Bertz CT molecular complexity index is 972. The third-order valence-electron chi connectivity index (χ3n) is 4.20. The van der Waals surface area contributed by atoms with Gasteiger partial charge in [-0.25, -0.2) is 0 Å². The SMILES string of the molecule is Cc1cc(Cl)cc(C2=C3C=CC(Br)=[N+]3[B-](F)(F)n3c(Br)ccc32)c1. The minimum absolute atomic E-state index is 0.338. The number of allylic oxidation sites excluding steroid dienone is 2. The molecule has 0 bridgehead atoms. The van der Waals surface area contributed by atoms with E-state index < -0.39 is 6.97 Å². The Kier molecular flexibility index (Phi) is 3.68. The van der Waals surface area contributed by atoms with Gasteiger partial charge in [0.25, 0.3) is 0 Å². The fourth-order valence-electron chi connectivity index (χ4n) is 3.31. The van der Waals surface area contributed by atoms with Crippen LogP contribution in [0.4, 0.5) is 8.63 Å². The lowest BCUT2D eigenvalue weighted by molar-refractivity contribution is -0.358. The summed E-state index contributed by atoms with van der Waals surface area (Å²) < 4.78 is 33.0. The number of nitrogens with zero attached hydrogens (tertiary/aromatic N) is 2. The lowest BCUT2D eigenvalue weighted by atomic mass is 9.86. The van der Waals surface area contributed by atoms with E-state index in [1.807, 2.05) is 19.1 Å². The molecule has 0 radical (unpaired) electrons. The van der Waals surface area contributed by atoms with Crippen LogP contribution in [0.3, 0.4) is 0 Å². The Balaban J connectivity index is 2.12. The third-order valence-corrected chi connectivity index (χ3v) is 5.71. The lowest BCUT2D eigenvalue weighted by Gasteiger charge is -2.32. The summed E-state index contributed by atoms with van der Waals surface area (Å²) in [7, 11) is 0. The second-order valence-electron chi connectivity index (χ2n) is 5.80. The van der Waals surface area contributed by atoms with Crippen LogP contribution in [0, 0.1) is 6.92 Å². The van der Waals surface area contributed by atoms with Crippen molar-refractivity contribution in [2.75, 3.05) is 0 Å². The van der Waals surface area contributed by atoms with Gasteiger partial charge in [-0.05, 0) is 58.2 Å². The molecule has 0 atom stereocenters. The van der Waals surface area contributed by atoms with Crippen LogP contribution in [0.2, 0.25) is 5.02 Å². The van der Waals surface area contributed by atoms with Crippen LogP contribution in [-0.2, 0) is 0 Å². The van der Waals surface area contributed by atoms with Gasteiger partial charge in [0.1, 0.15) is 0 Å².